The van der Waals surface area contributed by atoms with Gasteiger partial charge in [-0.15, -0.1) is 0 Å². The fourth-order valence-corrected chi connectivity index (χ4v) is 3.08. The van der Waals surface area contributed by atoms with E-state index in [9.17, 15) is 9.59 Å². The Kier molecular flexibility index (Phi) is 5.05. The molecule has 0 saturated carbocycles. The van der Waals surface area contributed by atoms with E-state index in [0.29, 0.717) is 25.6 Å². The third-order valence-corrected chi connectivity index (χ3v) is 4.19. The van der Waals surface area contributed by atoms with E-state index in [1.54, 1.807) is 4.90 Å². The van der Waals surface area contributed by atoms with Gasteiger partial charge in [-0.1, -0.05) is 0 Å². The summed E-state index contributed by atoms with van der Waals surface area (Å²) < 4.78 is 5.31. The molecule has 1 atom stereocenters. The van der Waals surface area contributed by atoms with E-state index in [0.717, 1.165) is 25.8 Å². The number of carboxylic acids is 1. The van der Waals surface area contributed by atoms with Crippen LogP contribution in [0.5, 0.6) is 0 Å². The molecule has 0 bridgehead atoms. The molecule has 2 fully saturated rings. The van der Waals surface area contributed by atoms with Crippen molar-refractivity contribution in [3.63, 3.8) is 0 Å². The quantitative estimate of drug-likeness (QED) is 0.766. The van der Waals surface area contributed by atoms with Crippen LogP contribution in [0.15, 0.2) is 0 Å². The predicted octanol–water partition coefficient (Wildman–Crippen LogP) is 0.376. The van der Waals surface area contributed by atoms with Crippen LogP contribution in [0.3, 0.4) is 0 Å². The van der Waals surface area contributed by atoms with E-state index in [1.807, 2.05) is 11.8 Å². The smallest absolute Gasteiger partial charge is 0.329 e. The fourth-order valence-electron chi connectivity index (χ4n) is 3.08. The lowest BCUT2D eigenvalue weighted by Crippen LogP contribution is -2.66. The number of rotatable bonds is 5. The molecule has 0 aromatic carbocycles. The second kappa shape index (κ2) is 6.62. The van der Waals surface area contributed by atoms with Gasteiger partial charge in [0, 0.05) is 19.7 Å². The number of piperidine rings is 1. The lowest BCUT2D eigenvalue weighted by Gasteiger charge is -2.49. The Bertz CT molecular complexity index is 393. The molecule has 0 radical (unpaired) electrons. The monoisotopic (exact) mass is 300 g/mol. The Hall–Kier alpha value is -1.34. The van der Waals surface area contributed by atoms with Gasteiger partial charge < -0.3 is 24.7 Å². The summed E-state index contributed by atoms with van der Waals surface area (Å²) >= 11 is 0. The summed E-state index contributed by atoms with van der Waals surface area (Å²) in [6, 6.07) is -0.00552. The maximum Gasteiger partial charge on any atom is 0.329 e. The topological polar surface area (TPSA) is 90.3 Å². The summed E-state index contributed by atoms with van der Waals surface area (Å²) in [6.45, 7) is 3.97. The fraction of sp³-hybridized carbons (Fsp3) is 0.857. The molecular weight excluding hydrogens is 276 g/mol. The molecule has 2 N–H and O–H groups in total. The maximum atomic E-state index is 12.4. The van der Waals surface area contributed by atoms with Crippen molar-refractivity contribution < 1.29 is 24.5 Å². The Balaban J connectivity index is 1.78. The molecule has 2 amide bonds. The van der Waals surface area contributed by atoms with Crippen LogP contribution in [0.1, 0.15) is 26.2 Å². The standard InChI is InChI=1S/C14H24N2O5/c1-14(21-8-12(18)19)9-16(10-14)13(20)15-5-2-3-11(7-15)4-6-17/h11,17H,2-10H2,1H3,(H,18,19). The van der Waals surface area contributed by atoms with Crippen LogP contribution < -0.4 is 0 Å². The molecule has 0 aromatic rings. The molecule has 7 heteroatoms. The number of nitrogens with zero attached hydrogens (tertiary/aromatic N) is 2. The van der Waals surface area contributed by atoms with Gasteiger partial charge in [-0.05, 0) is 32.1 Å². The first-order valence-corrected chi connectivity index (χ1v) is 7.44. The van der Waals surface area contributed by atoms with Gasteiger partial charge in [0.05, 0.1) is 13.1 Å². The number of ether oxygens (including phenoxy) is 1. The van der Waals surface area contributed by atoms with Gasteiger partial charge in [0.2, 0.25) is 0 Å². The molecule has 21 heavy (non-hydrogen) atoms. The van der Waals surface area contributed by atoms with E-state index in [-0.39, 0.29) is 19.2 Å². The van der Waals surface area contributed by atoms with E-state index >= 15 is 0 Å². The van der Waals surface area contributed by atoms with Crippen LogP contribution in [0.4, 0.5) is 4.79 Å². The average Bonchev–Trinajstić information content (AvgIpc) is 2.42. The van der Waals surface area contributed by atoms with Crippen LogP contribution >= 0.6 is 0 Å². The number of aliphatic hydroxyl groups is 1. The van der Waals surface area contributed by atoms with Gasteiger partial charge in [-0.3, -0.25) is 0 Å². The molecule has 0 aliphatic carbocycles. The van der Waals surface area contributed by atoms with Crippen LogP contribution in [-0.4, -0.2) is 77.0 Å². The van der Waals surface area contributed by atoms with Crippen molar-refractivity contribution in [1.29, 1.82) is 0 Å². The van der Waals surface area contributed by atoms with Gasteiger partial charge in [0.1, 0.15) is 12.2 Å². The molecule has 7 nitrogen and oxygen atoms in total. The van der Waals surface area contributed by atoms with Gasteiger partial charge in [0.15, 0.2) is 0 Å². The third-order valence-electron chi connectivity index (χ3n) is 4.19. The number of hydrogen-bond donors (Lipinski definition) is 2. The first-order valence-electron chi connectivity index (χ1n) is 7.44. The molecule has 0 aromatic heterocycles. The van der Waals surface area contributed by atoms with E-state index in [1.165, 1.54) is 0 Å². The second-order valence-corrected chi connectivity index (χ2v) is 6.24. The highest BCUT2D eigenvalue weighted by Crippen LogP contribution is 2.27. The number of carbonyl (C=O) groups excluding carboxylic acids is 1. The maximum absolute atomic E-state index is 12.4. The van der Waals surface area contributed by atoms with Crippen molar-refractivity contribution in [3.8, 4) is 0 Å². The minimum atomic E-state index is -0.996. The molecule has 2 saturated heterocycles. The number of likely N-dealkylation sites (tertiary alicyclic amines) is 2. The van der Waals surface area contributed by atoms with Crippen LogP contribution in [0.25, 0.3) is 0 Å². The number of carbonyl (C=O) groups is 2. The van der Waals surface area contributed by atoms with Crippen molar-refractivity contribution in [3.05, 3.63) is 0 Å². The van der Waals surface area contributed by atoms with E-state index < -0.39 is 11.6 Å². The van der Waals surface area contributed by atoms with Crippen molar-refractivity contribution >= 4 is 12.0 Å². The Morgan fingerprint density at radius 2 is 2.05 bits per heavy atom. The highest BCUT2D eigenvalue weighted by molar-refractivity contribution is 5.76. The summed E-state index contributed by atoms with van der Waals surface area (Å²) in [5.41, 5.74) is -0.547. The number of aliphatic carboxylic acids is 1. The van der Waals surface area contributed by atoms with E-state index in [2.05, 4.69) is 0 Å². The minimum absolute atomic E-state index is 0.00552. The summed E-state index contributed by atoms with van der Waals surface area (Å²) in [5.74, 6) is -0.618. The number of hydrogen-bond acceptors (Lipinski definition) is 4. The minimum Gasteiger partial charge on any atom is -0.480 e. The molecule has 120 valence electrons. The summed E-state index contributed by atoms with van der Waals surface area (Å²) in [6.07, 6.45) is 2.77. The summed E-state index contributed by atoms with van der Waals surface area (Å²) in [7, 11) is 0. The van der Waals surface area contributed by atoms with E-state index in [4.69, 9.17) is 14.9 Å². The largest absolute Gasteiger partial charge is 0.480 e. The average molecular weight is 300 g/mol. The zero-order valence-electron chi connectivity index (χ0n) is 12.5. The zero-order valence-corrected chi connectivity index (χ0v) is 12.5. The lowest BCUT2D eigenvalue weighted by atomic mass is 9.94. The molecule has 2 rings (SSSR count). The Morgan fingerprint density at radius 3 is 2.67 bits per heavy atom. The van der Waals surface area contributed by atoms with Gasteiger partial charge in [-0.2, -0.15) is 0 Å². The Labute approximate surface area is 124 Å². The molecule has 2 aliphatic rings. The normalized spacial score (nSPS) is 24.6. The summed E-state index contributed by atoms with van der Waals surface area (Å²) in [4.78, 5) is 26.4. The van der Waals surface area contributed by atoms with Crippen molar-refractivity contribution in [1.82, 2.24) is 9.80 Å². The van der Waals surface area contributed by atoms with Gasteiger partial charge in [0.25, 0.3) is 0 Å². The highest BCUT2D eigenvalue weighted by atomic mass is 16.5. The zero-order chi connectivity index (χ0) is 15.5. The number of amides is 2. The second-order valence-electron chi connectivity index (χ2n) is 6.24. The van der Waals surface area contributed by atoms with Crippen molar-refractivity contribution in [2.24, 2.45) is 5.92 Å². The predicted molar refractivity (Wildman–Crippen MR) is 75.0 cm³/mol. The number of carboxylic acid groups (broad SMARTS) is 1. The van der Waals surface area contributed by atoms with Crippen LogP contribution in [-0.2, 0) is 9.53 Å². The lowest BCUT2D eigenvalue weighted by molar-refractivity contribution is -0.160. The SMILES string of the molecule is CC1(OCC(=O)O)CN(C(=O)N2CCCC(CCO)C2)C1. The van der Waals surface area contributed by atoms with Crippen LogP contribution in [0.2, 0.25) is 0 Å². The molecule has 2 heterocycles. The molecular formula is C14H24N2O5. The first-order chi connectivity index (χ1) is 9.93. The number of aliphatic hydroxyl groups excluding tert-OH is 1. The van der Waals surface area contributed by atoms with Crippen molar-refractivity contribution in [2.75, 3.05) is 39.4 Å². The first kappa shape index (κ1) is 16.0. The van der Waals surface area contributed by atoms with Crippen LogP contribution in [0, 0.1) is 5.92 Å². The van der Waals surface area contributed by atoms with Gasteiger partial charge in [-0.25, -0.2) is 9.59 Å². The molecule has 0 spiro atoms. The van der Waals surface area contributed by atoms with Gasteiger partial charge >= 0.3 is 12.0 Å². The third kappa shape index (κ3) is 4.07. The Morgan fingerprint density at radius 1 is 1.33 bits per heavy atom. The van der Waals surface area contributed by atoms with Crippen molar-refractivity contribution in [2.45, 2.75) is 31.8 Å². The highest BCUT2D eigenvalue weighted by Gasteiger charge is 2.44. The molecule has 2 aliphatic heterocycles. The molecule has 1 unspecified atom stereocenters. The number of urea groups is 1. The summed E-state index contributed by atoms with van der Waals surface area (Å²) in [5, 5.41) is 17.6.